The van der Waals surface area contributed by atoms with E-state index in [4.69, 9.17) is 16.3 Å². The van der Waals surface area contributed by atoms with Gasteiger partial charge in [0.1, 0.15) is 5.75 Å². The van der Waals surface area contributed by atoms with Crippen LogP contribution in [-0.4, -0.2) is 11.8 Å². The van der Waals surface area contributed by atoms with E-state index in [2.05, 4.69) is 0 Å². The molecule has 0 radical (unpaired) electrons. The minimum atomic E-state index is -0.186. The lowest BCUT2D eigenvalue weighted by atomic mass is 10.2. The van der Waals surface area contributed by atoms with E-state index >= 15 is 0 Å². The van der Waals surface area contributed by atoms with Gasteiger partial charge in [0.05, 0.1) is 0 Å². The number of hydrogen-bond donors (Lipinski definition) is 0. The monoisotopic (exact) mass is 226 g/mol. The molecule has 0 unspecified atom stereocenters. The molecule has 1 aromatic rings. The van der Waals surface area contributed by atoms with Gasteiger partial charge in [0.15, 0.2) is 0 Å². The van der Waals surface area contributed by atoms with E-state index in [1.807, 2.05) is 25.1 Å². The van der Waals surface area contributed by atoms with Crippen molar-refractivity contribution in [2.24, 2.45) is 0 Å². The molecule has 0 fully saturated rings. The van der Waals surface area contributed by atoms with Gasteiger partial charge in [-0.15, -0.1) is 11.6 Å². The molecule has 0 heterocycles. The fourth-order valence-corrected chi connectivity index (χ4v) is 1.40. The van der Waals surface area contributed by atoms with Gasteiger partial charge in [-0.2, -0.15) is 0 Å². The summed E-state index contributed by atoms with van der Waals surface area (Å²) < 4.78 is 5.21. The molecule has 0 saturated heterocycles. The SMILES string of the molecule is Cc1ccccc1OC(=O)CCCCCl. The number of esters is 1. The van der Waals surface area contributed by atoms with E-state index in [0.29, 0.717) is 18.1 Å². The number of unbranched alkanes of at least 4 members (excludes halogenated alkanes) is 1. The lowest BCUT2D eigenvalue weighted by Gasteiger charge is -2.06. The van der Waals surface area contributed by atoms with Gasteiger partial charge in [0, 0.05) is 12.3 Å². The molecule has 0 aliphatic carbocycles. The Balaban J connectivity index is 2.41. The minimum absolute atomic E-state index is 0.186. The van der Waals surface area contributed by atoms with E-state index in [1.165, 1.54) is 0 Å². The summed E-state index contributed by atoms with van der Waals surface area (Å²) in [6.45, 7) is 1.92. The molecule has 0 aliphatic heterocycles. The van der Waals surface area contributed by atoms with Gasteiger partial charge in [0.25, 0.3) is 0 Å². The molecule has 0 spiro atoms. The second-order valence-electron chi connectivity index (χ2n) is 3.39. The van der Waals surface area contributed by atoms with Crippen LogP contribution in [0, 0.1) is 6.92 Å². The average molecular weight is 227 g/mol. The highest BCUT2D eigenvalue weighted by molar-refractivity contribution is 6.17. The molecule has 1 aromatic carbocycles. The molecule has 0 N–H and O–H groups in total. The number of aryl methyl sites for hydroxylation is 1. The van der Waals surface area contributed by atoms with Crippen LogP contribution in [0.5, 0.6) is 5.75 Å². The molecular weight excluding hydrogens is 212 g/mol. The zero-order valence-electron chi connectivity index (χ0n) is 8.83. The number of ether oxygens (including phenoxy) is 1. The predicted molar refractivity (Wildman–Crippen MR) is 61.4 cm³/mol. The van der Waals surface area contributed by atoms with Gasteiger partial charge in [0.2, 0.25) is 0 Å². The Morgan fingerprint density at radius 3 is 2.73 bits per heavy atom. The Bertz CT molecular complexity index is 323. The van der Waals surface area contributed by atoms with Crippen LogP contribution in [0.2, 0.25) is 0 Å². The predicted octanol–water partition coefficient (Wildman–Crippen LogP) is 3.31. The second-order valence-corrected chi connectivity index (χ2v) is 3.76. The fraction of sp³-hybridized carbons (Fsp3) is 0.417. The summed E-state index contributed by atoms with van der Waals surface area (Å²) in [5.41, 5.74) is 0.975. The summed E-state index contributed by atoms with van der Waals surface area (Å²) >= 11 is 5.52. The lowest BCUT2D eigenvalue weighted by Crippen LogP contribution is -2.08. The topological polar surface area (TPSA) is 26.3 Å². The molecular formula is C12H15ClO2. The Morgan fingerprint density at radius 1 is 1.33 bits per heavy atom. The molecule has 0 amide bonds. The Labute approximate surface area is 95.2 Å². The van der Waals surface area contributed by atoms with Crippen molar-refractivity contribution in [3.63, 3.8) is 0 Å². The molecule has 3 heteroatoms. The van der Waals surface area contributed by atoms with Crippen LogP contribution in [-0.2, 0) is 4.79 Å². The van der Waals surface area contributed by atoms with Crippen LogP contribution in [0.3, 0.4) is 0 Å². The normalized spacial score (nSPS) is 10.0. The number of para-hydroxylation sites is 1. The van der Waals surface area contributed by atoms with Crippen molar-refractivity contribution in [2.75, 3.05) is 5.88 Å². The first-order valence-corrected chi connectivity index (χ1v) is 5.60. The Morgan fingerprint density at radius 2 is 2.07 bits per heavy atom. The van der Waals surface area contributed by atoms with Crippen molar-refractivity contribution < 1.29 is 9.53 Å². The number of halogens is 1. The van der Waals surface area contributed by atoms with Crippen molar-refractivity contribution in [1.29, 1.82) is 0 Å². The molecule has 0 aromatic heterocycles. The van der Waals surface area contributed by atoms with Crippen molar-refractivity contribution in [3.05, 3.63) is 29.8 Å². The molecule has 0 saturated carbocycles. The van der Waals surface area contributed by atoms with E-state index < -0.39 is 0 Å². The average Bonchev–Trinajstić information content (AvgIpc) is 2.22. The van der Waals surface area contributed by atoms with Gasteiger partial charge in [-0.25, -0.2) is 0 Å². The highest BCUT2D eigenvalue weighted by atomic mass is 35.5. The van der Waals surface area contributed by atoms with E-state index in [1.54, 1.807) is 6.07 Å². The number of carbonyl (C=O) groups excluding carboxylic acids is 1. The highest BCUT2D eigenvalue weighted by Crippen LogP contribution is 2.17. The first-order valence-electron chi connectivity index (χ1n) is 5.06. The van der Waals surface area contributed by atoms with Gasteiger partial charge in [-0.05, 0) is 31.4 Å². The molecule has 2 nitrogen and oxygen atoms in total. The number of hydrogen-bond acceptors (Lipinski definition) is 2. The van der Waals surface area contributed by atoms with Gasteiger partial charge in [-0.3, -0.25) is 4.79 Å². The van der Waals surface area contributed by atoms with Crippen molar-refractivity contribution in [1.82, 2.24) is 0 Å². The largest absolute Gasteiger partial charge is 0.426 e. The molecule has 0 atom stereocenters. The molecule has 82 valence electrons. The first kappa shape index (κ1) is 12.1. The van der Waals surface area contributed by atoms with Crippen LogP contribution < -0.4 is 4.74 Å². The third-order valence-corrected chi connectivity index (χ3v) is 2.35. The summed E-state index contributed by atoms with van der Waals surface area (Å²) in [5, 5.41) is 0. The van der Waals surface area contributed by atoms with Crippen molar-refractivity contribution >= 4 is 17.6 Å². The standard InChI is InChI=1S/C12H15ClO2/c1-10-6-2-3-7-11(10)15-12(14)8-4-5-9-13/h2-3,6-7H,4-5,8-9H2,1H3. The minimum Gasteiger partial charge on any atom is -0.426 e. The highest BCUT2D eigenvalue weighted by Gasteiger charge is 2.05. The molecule has 0 bridgehead atoms. The van der Waals surface area contributed by atoms with Crippen LogP contribution in [0.1, 0.15) is 24.8 Å². The maximum Gasteiger partial charge on any atom is 0.311 e. The summed E-state index contributed by atoms with van der Waals surface area (Å²) in [4.78, 5) is 11.4. The summed E-state index contributed by atoms with van der Waals surface area (Å²) in [5.74, 6) is 1.06. The molecule has 1 rings (SSSR count). The van der Waals surface area contributed by atoms with Crippen molar-refractivity contribution in [2.45, 2.75) is 26.2 Å². The smallest absolute Gasteiger partial charge is 0.311 e. The second kappa shape index (κ2) is 6.46. The van der Waals surface area contributed by atoms with Gasteiger partial charge < -0.3 is 4.74 Å². The fourth-order valence-electron chi connectivity index (χ4n) is 1.21. The number of benzene rings is 1. The van der Waals surface area contributed by atoms with E-state index in [0.717, 1.165) is 18.4 Å². The van der Waals surface area contributed by atoms with Crippen LogP contribution in [0.4, 0.5) is 0 Å². The number of rotatable bonds is 5. The summed E-state index contributed by atoms with van der Waals surface area (Å²) in [7, 11) is 0. The van der Waals surface area contributed by atoms with E-state index in [9.17, 15) is 4.79 Å². The van der Waals surface area contributed by atoms with Crippen molar-refractivity contribution in [3.8, 4) is 5.75 Å². The van der Waals surface area contributed by atoms with Gasteiger partial charge in [-0.1, -0.05) is 18.2 Å². The van der Waals surface area contributed by atoms with Crippen LogP contribution in [0.25, 0.3) is 0 Å². The quantitative estimate of drug-likeness (QED) is 0.333. The molecule has 0 aliphatic rings. The summed E-state index contributed by atoms with van der Waals surface area (Å²) in [6, 6.07) is 7.49. The number of alkyl halides is 1. The van der Waals surface area contributed by atoms with Crippen LogP contribution in [0.15, 0.2) is 24.3 Å². The maximum atomic E-state index is 11.4. The Kier molecular flexibility index (Phi) is 5.19. The summed E-state index contributed by atoms with van der Waals surface area (Å²) in [6.07, 6.45) is 2.07. The third kappa shape index (κ3) is 4.34. The van der Waals surface area contributed by atoms with Crippen LogP contribution >= 0.6 is 11.6 Å². The zero-order valence-corrected chi connectivity index (χ0v) is 9.59. The lowest BCUT2D eigenvalue weighted by molar-refractivity contribution is -0.134. The maximum absolute atomic E-state index is 11.4. The Hall–Kier alpha value is -1.02. The number of carbonyl (C=O) groups is 1. The third-order valence-electron chi connectivity index (χ3n) is 2.08. The van der Waals surface area contributed by atoms with E-state index in [-0.39, 0.29) is 5.97 Å². The first-order chi connectivity index (χ1) is 7.24. The van der Waals surface area contributed by atoms with Gasteiger partial charge >= 0.3 is 5.97 Å². The molecule has 15 heavy (non-hydrogen) atoms. The zero-order chi connectivity index (χ0) is 11.1.